The fourth-order valence-electron chi connectivity index (χ4n) is 2.23. The third-order valence-corrected chi connectivity index (χ3v) is 4.19. The summed E-state index contributed by atoms with van der Waals surface area (Å²) in [5.41, 5.74) is 1.54. The van der Waals surface area contributed by atoms with E-state index in [0.717, 1.165) is 30.2 Å². The van der Waals surface area contributed by atoms with Crippen LogP contribution in [0.4, 0.5) is 0 Å². The first-order valence-electron chi connectivity index (χ1n) is 6.14. The summed E-state index contributed by atoms with van der Waals surface area (Å²) in [5.74, 6) is 2.30. The summed E-state index contributed by atoms with van der Waals surface area (Å²) in [5, 5.41) is 0.682. The van der Waals surface area contributed by atoms with E-state index in [0.29, 0.717) is 17.5 Å². The summed E-state index contributed by atoms with van der Waals surface area (Å²) >= 11 is 1.97. The number of hydrogen-bond donors (Lipinski definition) is 0. The van der Waals surface area contributed by atoms with Gasteiger partial charge in [0.1, 0.15) is 5.58 Å². The standard InChI is InChI=1S/C14H15NO2S/c16-14-11(9-15-5-7-18-8-6-15)10-17-13-4-2-1-3-12(13)14/h1-4,10H,5-9H2. The molecule has 0 saturated carbocycles. The van der Waals surface area contributed by atoms with E-state index in [1.165, 1.54) is 0 Å². The van der Waals surface area contributed by atoms with Crippen LogP contribution in [-0.4, -0.2) is 29.5 Å². The van der Waals surface area contributed by atoms with E-state index in [1.807, 2.05) is 36.0 Å². The number of hydrogen-bond acceptors (Lipinski definition) is 4. The molecule has 1 saturated heterocycles. The monoisotopic (exact) mass is 261 g/mol. The maximum atomic E-state index is 12.3. The van der Waals surface area contributed by atoms with Crippen LogP contribution in [0.2, 0.25) is 0 Å². The SMILES string of the molecule is O=c1c(CN2CCSCC2)coc2ccccc12. The zero-order valence-electron chi connectivity index (χ0n) is 10.1. The van der Waals surface area contributed by atoms with Crippen LogP contribution in [0.3, 0.4) is 0 Å². The van der Waals surface area contributed by atoms with Crippen molar-refractivity contribution in [2.45, 2.75) is 6.54 Å². The quantitative estimate of drug-likeness (QED) is 0.831. The molecule has 0 N–H and O–H groups in total. The van der Waals surface area contributed by atoms with Crippen molar-refractivity contribution in [1.82, 2.24) is 4.90 Å². The van der Waals surface area contributed by atoms with Crippen molar-refractivity contribution >= 4 is 22.7 Å². The Labute approximate surface area is 110 Å². The van der Waals surface area contributed by atoms with Crippen molar-refractivity contribution in [1.29, 1.82) is 0 Å². The molecule has 0 atom stereocenters. The van der Waals surface area contributed by atoms with E-state index in [1.54, 1.807) is 6.26 Å². The van der Waals surface area contributed by atoms with Crippen LogP contribution in [0.15, 0.2) is 39.7 Å². The molecule has 1 fully saturated rings. The van der Waals surface area contributed by atoms with E-state index in [4.69, 9.17) is 4.42 Å². The third-order valence-electron chi connectivity index (χ3n) is 3.25. The lowest BCUT2D eigenvalue weighted by Gasteiger charge is -2.25. The van der Waals surface area contributed by atoms with Gasteiger partial charge in [0.05, 0.1) is 11.6 Å². The van der Waals surface area contributed by atoms with Gasteiger partial charge in [-0.1, -0.05) is 12.1 Å². The van der Waals surface area contributed by atoms with Crippen LogP contribution in [-0.2, 0) is 6.54 Å². The summed E-state index contributed by atoms with van der Waals surface area (Å²) in [4.78, 5) is 14.6. The first kappa shape index (κ1) is 11.8. The summed E-state index contributed by atoms with van der Waals surface area (Å²) in [7, 11) is 0. The molecular formula is C14H15NO2S. The van der Waals surface area contributed by atoms with Gasteiger partial charge in [-0.15, -0.1) is 0 Å². The largest absolute Gasteiger partial charge is 0.464 e. The lowest BCUT2D eigenvalue weighted by atomic mass is 10.1. The molecule has 0 bridgehead atoms. The zero-order valence-corrected chi connectivity index (χ0v) is 10.9. The highest BCUT2D eigenvalue weighted by Gasteiger charge is 2.14. The third kappa shape index (κ3) is 2.31. The molecule has 0 spiro atoms. The minimum Gasteiger partial charge on any atom is -0.464 e. The molecule has 0 amide bonds. The molecule has 4 heteroatoms. The molecule has 0 unspecified atom stereocenters. The second-order valence-electron chi connectivity index (χ2n) is 4.47. The Morgan fingerprint density at radius 1 is 1.22 bits per heavy atom. The number of fused-ring (bicyclic) bond motifs is 1. The minimum atomic E-state index is 0.107. The Kier molecular flexibility index (Phi) is 3.39. The highest BCUT2D eigenvalue weighted by atomic mass is 32.2. The van der Waals surface area contributed by atoms with Crippen molar-refractivity contribution in [3.05, 3.63) is 46.3 Å². The second-order valence-corrected chi connectivity index (χ2v) is 5.70. The van der Waals surface area contributed by atoms with Crippen molar-refractivity contribution in [2.75, 3.05) is 24.6 Å². The molecule has 0 radical (unpaired) electrons. The van der Waals surface area contributed by atoms with E-state index in [9.17, 15) is 4.79 Å². The van der Waals surface area contributed by atoms with Gasteiger partial charge in [-0.2, -0.15) is 11.8 Å². The van der Waals surface area contributed by atoms with Gasteiger partial charge in [0.25, 0.3) is 0 Å². The average molecular weight is 261 g/mol. The van der Waals surface area contributed by atoms with Gasteiger partial charge in [0, 0.05) is 36.7 Å². The number of nitrogens with zero attached hydrogens (tertiary/aromatic N) is 1. The Hall–Kier alpha value is -1.26. The molecule has 2 heterocycles. The number of benzene rings is 1. The Bertz CT molecular complexity index is 602. The highest BCUT2D eigenvalue weighted by Crippen LogP contribution is 2.14. The topological polar surface area (TPSA) is 33.5 Å². The molecular weight excluding hydrogens is 246 g/mol. The molecule has 0 aliphatic carbocycles. The minimum absolute atomic E-state index is 0.107. The molecule has 94 valence electrons. The Morgan fingerprint density at radius 3 is 2.83 bits per heavy atom. The fourth-order valence-corrected chi connectivity index (χ4v) is 3.21. The summed E-state index contributed by atoms with van der Waals surface area (Å²) in [6.07, 6.45) is 1.62. The van der Waals surface area contributed by atoms with Crippen LogP contribution in [0, 0.1) is 0 Å². The predicted octanol–water partition coefficient (Wildman–Crippen LogP) is 2.34. The molecule has 1 aromatic heterocycles. The molecule has 2 aromatic rings. The molecule has 3 nitrogen and oxygen atoms in total. The van der Waals surface area contributed by atoms with Crippen LogP contribution >= 0.6 is 11.8 Å². The van der Waals surface area contributed by atoms with E-state index in [2.05, 4.69) is 4.90 Å². The van der Waals surface area contributed by atoms with Crippen LogP contribution in [0.25, 0.3) is 11.0 Å². The van der Waals surface area contributed by atoms with Gasteiger partial charge >= 0.3 is 0 Å². The smallest absolute Gasteiger partial charge is 0.197 e. The van der Waals surface area contributed by atoms with Gasteiger partial charge in [-0.05, 0) is 12.1 Å². The molecule has 3 rings (SSSR count). The predicted molar refractivity (Wildman–Crippen MR) is 75.1 cm³/mol. The van der Waals surface area contributed by atoms with Gasteiger partial charge in [-0.3, -0.25) is 9.69 Å². The molecule has 1 aliphatic rings. The normalized spacial score (nSPS) is 17.1. The van der Waals surface area contributed by atoms with E-state index >= 15 is 0 Å². The Balaban J connectivity index is 1.92. The summed E-state index contributed by atoms with van der Waals surface area (Å²) in [6, 6.07) is 7.42. The second kappa shape index (κ2) is 5.16. The average Bonchev–Trinajstić information content (AvgIpc) is 2.43. The van der Waals surface area contributed by atoms with Gasteiger partial charge in [0.15, 0.2) is 5.43 Å². The maximum absolute atomic E-state index is 12.3. The van der Waals surface area contributed by atoms with Crippen LogP contribution in [0.1, 0.15) is 5.56 Å². The van der Waals surface area contributed by atoms with Crippen molar-refractivity contribution in [2.24, 2.45) is 0 Å². The fraction of sp³-hybridized carbons (Fsp3) is 0.357. The number of para-hydroxylation sites is 1. The van der Waals surface area contributed by atoms with Crippen molar-refractivity contribution < 1.29 is 4.42 Å². The molecule has 1 aromatic carbocycles. The van der Waals surface area contributed by atoms with Gasteiger partial charge in [0.2, 0.25) is 0 Å². The number of rotatable bonds is 2. The van der Waals surface area contributed by atoms with Crippen molar-refractivity contribution in [3.63, 3.8) is 0 Å². The number of thioether (sulfide) groups is 1. The molecule has 18 heavy (non-hydrogen) atoms. The van der Waals surface area contributed by atoms with E-state index in [-0.39, 0.29) is 5.43 Å². The summed E-state index contributed by atoms with van der Waals surface area (Å²) in [6.45, 7) is 2.81. The summed E-state index contributed by atoms with van der Waals surface area (Å²) < 4.78 is 5.53. The van der Waals surface area contributed by atoms with Crippen LogP contribution < -0.4 is 5.43 Å². The van der Waals surface area contributed by atoms with Crippen molar-refractivity contribution in [3.8, 4) is 0 Å². The highest BCUT2D eigenvalue weighted by molar-refractivity contribution is 7.99. The lowest BCUT2D eigenvalue weighted by Crippen LogP contribution is -2.33. The Morgan fingerprint density at radius 2 is 2.00 bits per heavy atom. The lowest BCUT2D eigenvalue weighted by molar-refractivity contribution is 0.291. The first-order valence-corrected chi connectivity index (χ1v) is 7.29. The maximum Gasteiger partial charge on any atom is 0.197 e. The van der Waals surface area contributed by atoms with Crippen LogP contribution in [0.5, 0.6) is 0 Å². The zero-order chi connectivity index (χ0) is 12.4. The van der Waals surface area contributed by atoms with E-state index < -0.39 is 0 Å². The van der Waals surface area contributed by atoms with Gasteiger partial charge in [-0.25, -0.2) is 0 Å². The van der Waals surface area contributed by atoms with Gasteiger partial charge < -0.3 is 4.42 Å². The first-order chi connectivity index (χ1) is 8.84. The molecule has 1 aliphatic heterocycles.